The standard InChI is InChI=1S/C27H23Cl2FN2O2S/c1-17(2)15-32-26(33)25(35-27(32)31-21-10-8-20(28)9-11-21)14-18-7-12-24(22(29)13-18)34-16-19-5-3-4-6-23(19)30/h3-14,17H,15-16H2,1-2H3/b25-14-,31-27?. The lowest BCUT2D eigenvalue weighted by molar-refractivity contribution is -0.122. The minimum atomic E-state index is -0.330. The monoisotopic (exact) mass is 528 g/mol. The molecule has 1 fully saturated rings. The zero-order valence-electron chi connectivity index (χ0n) is 19.2. The van der Waals surface area contributed by atoms with Gasteiger partial charge in [0.15, 0.2) is 5.17 Å². The Kier molecular flexibility index (Phi) is 8.16. The maximum atomic E-state index is 13.8. The van der Waals surface area contributed by atoms with Crippen LogP contribution in [0.15, 0.2) is 76.6 Å². The molecule has 8 heteroatoms. The molecule has 0 N–H and O–H groups in total. The van der Waals surface area contributed by atoms with Gasteiger partial charge in [-0.2, -0.15) is 0 Å². The summed E-state index contributed by atoms with van der Waals surface area (Å²) >= 11 is 13.7. The van der Waals surface area contributed by atoms with E-state index < -0.39 is 0 Å². The number of halogens is 3. The van der Waals surface area contributed by atoms with E-state index in [-0.39, 0.29) is 24.2 Å². The quantitative estimate of drug-likeness (QED) is 0.292. The zero-order chi connectivity index (χ0) is 24.9. The molecule has 0 spiro atoms. The van der Waals surface area contributed by atoms with Gasteiger partial charge in [0.1, 0.15) is 18.2 Å². The normalized spacial score (nSPS) is 16.1. The van der Waals surface area contributed by atoms with Gasteiger partial charge in [0.25, 0.3) is 5.91 Å². The number of nitrogens with zero attached hydrogens (tertiary/aromatic N) is 2. The lowest BCUT2D eigenvalue weighted by atomic mass is 10.2. The Morgan fingerprint density at radius 1 is 1.09 bits per heavy atom. The Labute approximate surface area is 218 Å². The number of benzene rings is 3. The van der Waals surface area contributed by atoms with Gasteiger partial charge >= 0.3 is 0 Å². The molecule has 1 saturated heterocycles. The lowest BCUT2D eigenvalue weighted by Crippen LogP contribution is -2.32. The number of hydrogen-bond acceptors (Lipinski definition) is 4. The van der Waals surface area contributed by atoms with Gasteiger partial charge in [-0.3, -0.25) is 9.69 Å². The first-order chi connectivity index (χ1) is 16.8. The predicted molar refractivity (Wildman–Crippen MR) is 143 cm³/mol. The number of thioether (sulfide) groups is 1. The van der Waals surface area contributed by atoms with Crippen LogP contribution in [0.25, 0.3) is 6.08 Å². The Morgan fingerprint density at radius 3 is 2.51 bits per heavy atom. The average Bonchev–Trinajstić information content (AvgIpc) is 3.09. The molecule has 1 aliphatic heterocycles. The van der Waals surface area contributed by atoms with Crippen molar-refractivity contribution in [3.05, 3.63) is 98.6 Å². The topological polar surface area (TPSA) is 41.9 Å². The van der Waals surface area contributed by atoms with Crippen molar-refractivity contribution in [2.45, 2.75) is 20.5 Å². The summed E-state index contributed by atoms with van der Waals surface area (Å²) < 4.78 is 19.5. The Morgan fingerprint density at radius 2 is 1.83 bits per heavy atom. The van der Waals surface area contributed by atoms with Crippen LogP contribution in [0.2, 0.25) is 10.0 Å². The van der Waals surface area contributed by atoms with Crippen molar-refractivity contribution >= 4 is 57.8 Å². The van der Waals surface area contributed by atoms with E-state index >= 15 is 0 Å². The molecular formula is C27H23Cl2FN2O2S. The second kappa shape index (κ2) is 11.3. The third-order valence-electron chi connectivity index (χ3n) is 5.08. The molecule has 0 aliphatic carbocycles. The number of amidine groups is 1. The minimum Gasteiger partial charge on any atom is -0.487 e. The molecule has 3 aromatic rings. The van der Waals surface area contributed by atoms with Gasteiger partial charge in [-0.1, -0.05) is 61.3 Å². The molecule has 0 atom stereocenters. The van der Waals surface area contributed by atoms with Crippen LogP contribution in [0, 0.1) is 11.7 Å². The van der Waals surface area contributed by atoms with E-state index in [0.29, 0.717) is 38.0 Å². The lowest BCUT2D eigenvalue weighted by Gasteiger charge is -2.17. The van der Waals surface area contributed by atoms with E-state index in [1.54, 1.807) is 53.4 Å². The molecule has 0 bridgehead atoms. The first kappa shape index (κ1) is 25.3. The van der Waals surface area contributed by atoms with Crippen molar-refractivity contribution in [1.29, 1.82) is 0 Å². The van der Waals surface area contributed by atoms with E-state index in [4.69, 9.17) is 27.9 Å². The molecule has 1 aliphatic rings. The molecule has 1 amide bonds. The fourth-order valence-electron chi connectivity index (χ4n) is 3.39. The van der Waals surface area contributed by atoms with Crippen LogP contribution in [0.3, 0.4) is 0 Å². The second-order valence-electron chi connectivity index (χ2n) is 8.36. The highest BCUT2D eigenvalue weighted by Gasteiger charge is 2.33. The van der Waals surface area contributed by atoms with E-state index in [1.165, 1.54) is 17.8 Å². The van der Waals surface area contributed by atoms with Crippen molar-refractivity contribution in [3.8, 4) is 5.75 Å². The van der Waals surface area contributed by atoms with Crippen LogP contribution in [-0.2, 0) is 11.4 Å². The second-order valence-corrected chi connectivity index (χ2v) is 10.2. The maximum Gasteiger partial charge on any atom is 0.266 e. The molecular weight excluding hydrogens is 506 g/mol. The molecule has 0 saturated carbocycles. The number of rotatable bonds is 7. The Bertz CT molecular complexity index is 1290. The Balaban J connectivity index is 1.54. The van der Waals surface area contributed by atoms with Crippen LogP contribution in [0.4, 0.5) is 10.1 Å². The smallest absolute Gasteiger partial charge is 0.266 e. The molecule has 1 heterocycles. The van der Waals surface area contributed by atoms with Crippen LogP contribution in [0.5, 0.6) is 5.75 Å². The van der Waals surface area contributed by atoms with Crippen molar-refractivity contribution in [2.75, 3.05) is 6.54 Å². The van der Waals surface area contributed by atoms with Crippen LogP contribution in [0.1, 0.15) is 25.0 Å². The first-order valence-corrected chi connectivity index (χ1v) is 12.6. The highest BCUT2D eigenvalue weighted by Crippen LogP contribution is 2.36. The summed E-state index contributed by atoms with van der Waals surface area (Å²) in [5.41, 5.74) is 1.92. The third-order valence-corrected chi connectivity index (χ3v) is 6.64. The van der Waals surface area contributed by atoms with E-state index in [2.05, 4.69) is 18.8 Å². The van der Waals surface area contributed by atoms with Crippen molar-refractivity contribution < 1.29 is 13.9 Å². The summed E-state index contributed by atoms with van der Waals surface area (Å²) in [5.74, 6) is 0.278. The third kappa shape index (κ3) is 6.45. The van der Waals surface area contributed by atoms with Gasteiger partial charge in [0.05, 0.1) is 15.6 Å². The van der Waals surface area contributed by atoms with Gasteiger partial charge in [-0.15, -0.1) is 0 Å². The van der Waals surface area contributed by atoms with Crippen molar-refractivity contribution in [1.82, 2.24) is 4.90 Å². The number of hydrogen-bond donors (Lipinski definition) is 0. The van der Waals surface area contributed by atoms with Gasteiger partial charge in [-0.05, 0) is 71.8 Å². The van der Waals surface area contributed by atoms with Gasteiger partial charge < -0.3 is 4.74 Å². The molecule has 180 valence electrons. The summed E-state index contributed by atoms with van der Waals surface area (Å²) in [6.07, 6.45) is 1.79. The summed E-state index contributed by atoms with van der Waals surface area (Å²) in [5, 5.41) is 1.62. The number of carbonyl (C=O) groups is 1. The van der Waals surface area contributed by atoms with Crippen LogP contribution < -0.4 is 4.74 Å². The molecule has 4 rings (SSSR count). The fourth-order valence-corrected chi connectivity index (χ4v) is 4.77. The molecule has 0 unspecified atom stereocenters. The number of amides is 1. The minimum absolute atomic E-state index is 0.0653. The largest absolute Gasteiger partial charge is 0.487 e. The summed E-state index contributed by atoms with van der Waals surface area (Å²) in [6, 6.07) is 18.8. The number of ether oxygens (including phenoxy) is 1. The summed E-state index contributed by atoms with van der Waals surface area (Å²) in [7, 11) is 0. The highest BCUT2D eigenvalue weighted by molar-refractivity contribution is 8.18. The van der Waals surface area contributed by atoms with E-state index in [9.17, 15) is 9.18 Å². The molecule has 0 aromatic heterocycles. The van der Waals surface area contributed by atoms with E-state index in [0.717, 1.165) is 11.3 Å². The summed E-state index contributed by atoms with van der Waals surface area (Å²) in [4.78, 5) is 20.1. The number of aliphatic imine (C=N–C) groups is 1. The Hall–Kier alpha value is -2.80. The molecule has 3 aromatic carbocycles. The highest BCUT2D eigenvalue weighted by atomic mass is 35.5. The van der Waals surface area contributed by atoms with Crippen LogP contribution in [-0.4, -0.2) is 22.5 Å². The fraction of sp³-hybridized carbons (Fsp3) is 0.185. The van der Waals surface area contributed by atoms with E-state index in [1.807, 2.05) is 18.2 Å². The SMILES string of the molecule is CC(C)CN1C(=O)/C(=C/c2ccc(OCc3ccccc3F)c(Cl)c2)SC1=Nc1ccc(Cl)cc1. The zero-order valence-corrected chi connectivity index (χ0v) is 21.5. The average molecular weight is 529 g/mol. The maximum absolute atomic E-state index is 13.8. The molecule has 4 nitrogen and oxygen atoms in total. The molecule has 0 radical (unpaired) electrons. The van der Waals surface area contributed by atoms with Crippen molar-refractivity contribution in [2.24, 2.45) is 10.9 Å². The number of carbonyl (C=O) groups excluding carboxylic acids is 1. The predicted octanol–water partition coefficient (Wildman–Crippen LogP) is 7.97. The summed E-state index contributed by atoms with van der Waals surface area (Å²) in [6.45, 7) is 4.73. The first-order valence-electron chi connectivity index (χ1n) is 11.0. The van der Waals surface area contributed by atoms with Gasteiger partial charge in [0, 0.05) is 17.1 Å². The van der Waals surface area contributed by atoms with Gasteiger partial charge in [0.2, 0.25) is 0 Å². The van der Waals surface area contributed by atoms with Gasteiger partial charge in [-0.25, -0.2) is 9.38 Å². The molecule has 35 heavy (non-hydrogen) atoms. The van der Waals surface area contributed by atoms with Crippen LogP contribution >= 0.6 is 35.0 Å². The van der Waals surface area contributed by atoms with Crippen molar-refractivity contribution in [3.63, 3.8) is 0 Å².